The van der Waals surface area contributed by atoms with Crippen molar-refractivity contribution in [2.75, 3.05) is 6.79 Å². The molecule has 0 spiro atoms. The van der Waals surface area contributed by atoms with Gasteiger partial charge in [0.2, 0.25) is 12.7 Å². The molecule has 1 amide bonds. The van der Waals surface area contributed by atoms with Crippen LogP contribution in [0.4, 0.5) is 0 Å². The van der Waals surface area contributed by atoms with Crippen molar-refractivity contribution in [3.05, 3.63) is 0 Å². The Balaban J connectivity index is 1.95. The number of β-lactam (4-membered cyclic amide) rings is 1. The van der Waals surface area contributed by atoms with Crippen LogP contribution in [-0.4, -0.2) is 51.7 Å². The predicted molar refractivity (Wildman–Crippen MR) is 80.6 cm³/mol. The Kier molecular flexibility index (Phi) is 4.20. The number of carbonyl (C=O) groups is 3. The normalized spacial score (nSPS) is 29.6. The van der Waals surface area contributed by atoms with E-state index in [9.17, 15) is 14.4 Å². The highest BCUT2D eigenvalue weighted by atomic mass is 32.2. The summed E-state index contributed by atoms with van der Waals surface area (Å²) in [5.74, 6) is -1.29. The molecule has 2 heterocycles. The van der Waals surface area contributed by atoms with Gasteiger partial charge in [-0.15, -0.1) is 11.8 Å². The van der Waals surface area contributed by atoms with E-state index in [1.54, 1.807) is 20.8 Å². The van der Waals surface area contributed by atoms with Gasteiger partial charge in [0.05, 0.1) is 5.41 Å². The molecule has 0 bridgehead atoms. The second-order valence-electron chi connectivity index (χ2n) is 7.05. The van der Waals surface area contributed by atoms with Crippen LogP contribution in [0.3, 0.4) is 0 Å². The molecule has 0 aliphatic carbocycles. The van der Waals surface area contributed by atoms with Crippen molar-refractivity contribution in [3.63, 3.8) is 0 Å². The summed E-state index contributed by atoms with van der Waals surface area (Å²) < 4.78 is 9.45. The first-order valence-corrected chi connectivity index (χ1v) is 7.94. The van der Waals surface area contributed by atoms with Crippen LogP contribution in [0.2, 0.25) is 0 Å². The standard InChI is InChI=1S/C14H22N2O5S/c1-13(2,3)12(19)21-6-20-11(18)8-14(4,5)22-10-7(15)9(17)16(8)10/h7-8,10H,6,15H2,1-5H3/t7-,8-,10-/m1/s1. The van der Waals surface area contributed by atoms with Crippen LogP contribution in [0.25, 0.3) is 0 Å². The largest absolute Gasteiger partial charge is 0.427 e. The molecule has 2 aliphatic rings. The molecule has 7 nitrogen and oxygen atoms in total. The van der Waals surface area contributed by atoms with E-state index < -0.39 is 41.0 Å². The van der Waals surface area contributed by atoms with E-state index in [0.717, 1.165) is 0 Å². The molecule has 0 aromatic rings. The predicted octanol–water partition coefficient (Wildman–Crippen LogP) is 0.466. The molecule has 3 atom stereocenters. The molecule has 0 aromatic heterocycles. The van der Waals surface area contributed by atoms with Crippen molar-refractivity contribution in [1.82, 2.24) is 4.90 Å². The summed E-state index contributed by atoms with van der Waals surface area (Å²) in [6.07, 6.45) is 0. The minimum atomic E-state index is -0.719. The number of hydrogen-bond acceptors (Lipinski definition) is 7. The van der Waals surface area contributed by atoms with Gasteiger partial charge in [-0.1, -0.05) is 0 Å². The Hall–Kier alpha value is -1.28. The number of esters is 2. The molecule has 8 heteroatoms. The lowest BCUT2D eigenvalue weighted by Gasteiger charge is -2.41. The monoisotopic (exact) mass is 330 g/mol. The molecule has 2 rings (SSSR count). The van der Waals surface area contributed by atoms with E-state index in [1.807, 2.05) is 13.8 Å². The number of nitrogens with zero attached hydrogens (tertiary/aromatic N) is 1. The summed E-state index contributed by atoms with van der Waals surface area (Å²) in [6.45, 7) is 8.40. The number of rotatable bonds is 3. The second-order valence-corrected chi connectivity index (χ2v) is 8.82. The molecular formula is C14H22N2O5S. The highest BCUT2D eigenvalue weighted by Crippen LogP contribution is 2.50. The fourth-order valence-electron chi connectivity index (χ4n) is 2.46. The zero-order valence-electron chi connectivity index (χ0n) is 13.4. The summed E-state index contributed by atoms with van der Waals surface area (Å²) in [5.41, 5.74) is 5.08. The van der Waals surface area contributed by atoms with Crippen LogP contribution < -0.4 is 5.73 Å². The van der Waals surface area contributed by atoms with Gasteiger partial charge in [-0.05, 0) is 34.6 Å². The van der Waals surface area contributed by atoms with Crippen molar-refractivity contribution in [3.8, 4) is 0 Å². The number of hydrogen-bond donors (Lipinski definition) is 1. The van der Waals surface area contributed by atoms with E-state index in [2.05, 4.69) is 0 Å². The maximum absolute atomic E-state index is 12.3. The lowest BCUT2D eigenvalue weighted by atomic mass is 9.96. The molecule has 22 heavy (non-hydrogen) atoms. The minimum absolute atomic E-state index is 0.197. The van der Waals surface area contributed by atoms with Crippen molar-refractivity contribution >= 4 is 29.6 Å². The molecule has 2 fully saturated rings. The smallest absolute Gasteiger partial charge is 0.333 e. The first-order valence-electron chi connectivity index (χ1n) is 7.06. The molecule has 0 unspecified atom stereocenters. The Labute approximate surface area is 133 Å². The molecule has 2 N–H and O–H groups in total. The molecule has 0 aromatic carbocycles. The van der Waals surface area contributed by atoms with Gasteiger partial charge in [-0.3, -0.25) is 9.59 Å². The third-order valence-electron chi connectivity index (χ3n) is 3.71. The van der Waals surface area contributed by atoms with Crippen molar-refractivity contribution in [1.29, 1.82) is 0 Å². The average molecular weight is 330 g/mol. The highest BCUT2D eigenvalue weighted by Gasteiger charge is 2.63. The zero-order chi connectivity index (χ0) is 16.9. The number of carbonyl (C=O) groups excluding carboxylic acids is 3. The van der Waals surface area contributed by atoms with Crippen LogP contribution in [0, 0.1) is 5.41 Å². The number of nitrogens with two attached hydrogens (primary N) is 1. The van der Waals surface area contributed by atoms with Gasteiger partial charge >= 0.3 is 11.9 Å². The Morgan fingerprint density at radius 1 is 1.32 bits per heavy atom. The van der Waals surface area contributed by atoms with Crippen molar-refractivity contribution in [2.24, 2.45) is 11.1 Å². The molecular weight excluding hydrogens is 308 g/mol. The summed E-state index contributed by atoms with van der Waals surface area (Å²) >= 11 is 1.48. The van der Waals surface area contributed by atoms with Crippen LogP contribution in [0.1, 0.15) is 34.6 Å². The topological polar surface area (TPSA) is 98.9 Å². The molecule has 124 valence electrons. The number of fused-ring (bicyclic) bond motifs is 1. The third kappa shape index (κ3) is 2.81. The molecule has 0 radical (unpaired) electrons. The van der Waals surface area contributed by atoms with Crippen molar-refractivity contribution in [2.45, 2.75) is 56.8 Å². The number of amides is 1. The van der Waals surface area contributed by atoms with Gasteiger partial charge in [0.15, 0.2) is 0 Å². The first-order chi connectivity index (χ1) is 9.97. The minimum Gasteiger partial charge on any atom is -0.427 e. The Morgan fingerprint density at radius 3 is 2.45 bits per heavy atom. The summed E-state index contributed by atoms with van der Waals surface area (Å²) in [6, 6.07) is -1.29. The highest BCUT2D eigenvalue weighted by molar-refractivity contribution is 8.01. The number of ether oxygens (including phenoxy) is 2. The van der Waals surface area contributed by atoms with E-state index in [1.165, 1.54) is 16.7 Å². The van der Waals surface area contributed by atoms with E-state index >= 15 is 0 Å². The summed E-state index contributed by atoms with van der Waals surface area (Å²) in [7, 11) is 0. The van der Waals surface area contributed by atoms with Gasteiger partial charge in [0.1, 0.15) is 17.5 Å². The lowest BCUT2D eigenvalue weighted by molar-refractivity contribution is -0.179. The van der Waals surface area contributed by atoms with Gasteiger partial charge in [-0.2, -0.15) is 0 Å². The van der Waals surface area contributed by atoms with Gasteiger partial charge < -0.3 is 20.1 Å². The Bertz CT molecular complexity index is 514. The lowest BCUT2D eigenvalue weighted by Crippen LogP contribution is -2.68. The SMILES string of the molecule is CC(C)(C)C(=O)OCOC(=O)[C@H]1N2C(=O)[C@@H](N)[C@H]2SC1(C)C. The van der Waals surface area contributed by atoms with E-state index in [0.29, 0.717) is 0 Å². The van der Waals surface area contributed by atoms with Gasteiger partial charge in [0, 0.05) is 4.75 Å². The summed E-state index contributed by atoms with van der Waals surface area (Å²) in [5, 5.41) is -0.197. The fourth-order valence-corrected chi connectivity index (χ4v) is 4.02. The molecule has 2 aliphatic heterocycles. The van der Waals surface area contributed by atoms with Crippen LogP contribution >= 0.6 is 11.8 Å². The zero-order valence-corrected chi connectivity index (χ0v) is 14.2. The fraction of sp³-hybridized carbons (Fsp3) is 0.786. The summed E-state index contributed by atoms with van der Waals surface area (Å²) in [4.78, 5) is 37.2. The third-order valence-corrected chi connectivity index (χ3v) is 5.30. The maximum atomic E-state index is 12.3. The van der Waals surface area contributed by atoms with Crippen LogP contribution in [0.15, 0.2) is 0 Å². The van der Waals surface area contributed by atoms with Crippen LogP contribution in [0.5, 0.6) is 0 Å². The van der Waals surface area contributed by atoms with E-state index in [-0.39, 0.29) is 11.3 Å². The quantitative estimate of drug-likeness (QED) is 0.456. The second kappa shape index (κ2) is 5.42. The number of thioether (sulfide) groups is 1. The van der Waals surface area contributed by atoms with Gasteiger partial charge in [0.25, 0.3) is 0 Å². The average Bonchev–Trinajstić information content (AvgIpc) is 2.65. The Morgan fingerprint density at radius 2 is 1.91 bits per heavy atom. The first kappa shape index (κ1) is 17.1. The van der Waals surface area contributed by atoms with Crippen molar-refractivity contribution < 1.29 is 23.9 Å². The molecule has 2 saturated heterocycles. The van der Waals surface area contributed by atoms with E-state index in [4.69, 9.17) is 15.2 Å². The maximum Gasteiger partial charge on any atom is 0.333 e. The molecule has 0 saturated carbocycles. The van der Waals surface area contributed by atoms with Gasteiger partial charge in [-0.25, -0.2) is 4.79 Å². The van der Waals surface area contributed by atoms with Crippen LogP contribution in [-0.2, 0) is 23.9 Å².